The molecule has 0 amide bonds. The van der Waals surface area contributed by atoms with Crippen molar-refractivity contribution in [3.63, 3.8) is 0 Å². The lowest BCUT2D eigenvalue weighted by Crippen LogP contribution is -2.25. The Kier molecular flexibility index (Phi) is 2.10. The normalized spacial score (nSPS) is 33.0. The van der Waals surface area contributed by atoms with Crippen LogP contribution in [0.2, 0.25) is 0 Å². The van der Waals surface area contributed by atoms with E-state index in [1.165, 1.54) is 0 Å². The molecule has 1 saturated carbocycles. The van der Waals surface area contributed by atoms with E-state index in [-0.39, 0.29) is 0 Å². The Balaban J connectivity index is 2.02. The Morgan fingerprint density at radius 2 is 2.50 bits per heavy atom. The minimum atomic E-state index is -0.849. The quantitative estimate of drug-likeness (QED) is 0.789. The monoisotopic (exact) mass is 198 g/mol. The van der Waals surface area contributed by atoms with E-state index in [1.807, 2.05) is 17.8 Å². The summed E-state index contributed by atoms with van der Waals surface area (Å²) in [6.45, 7) is 1.78. The molecule has 1 fully saturated rings. The third kappa shape index (κ3) is 1.43. The third-order valence-corrected chi connectivity index (χ3v) is 3.23. The Bertz CT molecular complexity index is 339. The lowest BCUT2D eigenvalue weighted by atomic mass is 9.98. The van der Waals surface area contributed by atoms with Gasteiger partial charge in [0.05, 0.1) is 6.10 Å². The van der Waals surface area contributed by atoms with Gasteiger partial charge in [0.25, 0.3) is 0 Å². The van der Waals surface area contributed by atoms with E-state index in [2.05, 4.69) is 4.98 Å². The average molecular weight is 198 g/mol. The summed E-state index contributed by atoms with van der Waals surface area (Å²) >= 11 is 0. The molecule has 2 rings (SSSR count). The first kappa shape index (κ1) is 9.65. The molecule has 3 atom stereocenters. The van der Waals surface area contributed by atoms with E-state index in [1.54, 1.807) is 13.1 Å². The number of aromatic nitrogens is 2. The molecule has 1 heterocycles. The maximum Gasteiger partial charge on any atom is 0.110 e. The van der Waals surface area contributed by atoms with Crippen LogP contribution < -0.4 is 0 Å². The highest BCUT2D eigenvalue weighted by Gasteiger charge is 2.56. The van der Waals surface area contributed by atoms with Crippen LogP contribution in [0.25, 0.3) is 0 Å². The summed E-state index contributed by atoms with van der Waals surface area (Å²) in [6.07, 6.45) is 2.93. The van der Waals surface area contributed by atoms with Gasteiger partial charge >= 0.3 is 0 Å². The number of aliphatic hydroxyl groups excluding tert-OH is 1. The molecule has 0 aromatic carbocycles. The second-order valence-electron chi connectivity index (χ2n) is 4.35. The number of nitrogens with zero attached hydrogens (tertiary/aromatic N) is 2. The van der Waals surface area contributed by atoms with Crippen LogP contribution in [0.1, 0.15) is 19.2 Å². The van der Waals surface area contributed by atoms with Gasteiger partial charge in [-0.15, -0.1) is 0 Å². The highest BCUT2D eigenvalue weighted by molar-refractivity contribution is 5.07. The Morgan fingerprint density at radius 3 is 2.93 bits per heavy atom. The van der Waals surface area contributed by atoms with Crippen molar-refractivity contribution in [3.8, 4) is 0 Å². The van der Waals surface area contributed by atoms with E-state index in [0.29, 0.717) is 12.8 Å². The molecule has 14 heavy (non-hydrogen) atoms. The van der Waals surface area contributed by atoms with Gasteiger partial charge in [-0.2, -0.15) is 0 Å². The molecule has 0 saturated heterocycles. The minimum Gasteiger partial charge on any atom is -0.392 e. The first-order valence-corrected chi connectivity index (χ1v) is 4.82. The predicted molar refractivity (Wildman–Crippen MR) is 50.5 cm³/mol. The lowest BCUT2D eigenvalue weighted by Gasteiger charge is -2.16. The van der Waals surface area contributed by atoms with Gasteiger partial charge < -0.3 is 9.67 Å². The summed E-state index contributed by atoms with van der Waals surface area (Å²) < 4.78 is 14.8. The van der Waals surface area contributed by atoms with E-state index in [0.717, 1.165) is 5.82 Å². The minimum absolute atomic E-state index is 0.431. The summed E-state index contributed by atoms with van der Waals surface area (Å²) in [6, 6.07) is 0. The molecular formula is C10H15FN2O. The van der Waals surface area contributed by atoms with Gasteiger partial charge in [0.15, 0.2) is 0 Å². The van der Waals surface area contributed by atoms with Crippen molar-refractivity contribution < 1.29 is 9.50 Å². The zero-order chi connectivity index (χ0) is 10.3. The van der Waals surface area contributed by atoms with Crippen molar-refractivity contribution in [2.45, 2.75) is 32.0 Å². The van der Waals surface area contributed by atoms with Crippen LogP contribution >= 0.6 is 0 Å². The van der Waals surface area contributed by atoms with E-state index < -0.39 is 17.7 Å². The number of hydrogen-bond donors (Lipinski definition) is 1. The van der Waals surface area contributed by atoms with Crippen LogP contribution in [0.5, 0.6) is 0 Å². The molecular weight excluding hydrogens is 183 g/mol. The first-order valence-electron chi connectivity index (χ1n) is 4.82. The van der Waals surface area contributed by atoms with E-state index >= 15 is 0 Å². The fourth-order valence-corrected chi connectivity index (χ4v) is 1.67. The van der Waals surface area contributed by atoms with Crippen molar-refractivity contribution in [3.05, 3.63) is 18.2 Å². The molecule has 0 radical (unpaired) electrons. The number of imidazole rings is 1. The number of aryl methyl sites for hydroxylation is 1. The number of halogens is 1. The first-order chi connectivity index (χ1) is 6.54. The number of rotatable bonds is 3. The number of hydrogen-bond acceptors (Lipinski definition) is 2. The maximum atomic E-state index is 13.0. The molecule has 4 heteroatoms. The zero-order valence-electron chi connectivity index (χ0n) is 8.44. The van der Waals surface area contributed by atoms with Crippen molar-refractivity contribution in [2.24, 2.45) is 12.5 Å². The van der Waals surface area contributed by atoms with Crippen LogP contribution in [-0.2, 0) is 13.5 Å². The van der Waals surface area contributed by atoms with E-state index in [9.17, 15) is 9.50 Å². The molecule has 3 unspecified atom stereocenters. The molecule has 78 valence electrons. The van der Waals surface area contributed by atoms with Crippen LogP contribution in [0.15, 0.2) is 12.4 Å². The summed E-state index contributed by atoms with van der Waals surface area (Å²) in [7, 11) is 1.87. The van der Waals surface area contributed by atoms with Gasteiger partial charge in [-0.3, -0.25) is 0 Å². The summed E-state index contributed by atoms with van der Waals surface area (Å²) in [4.78, 5) is 4.10. The zero-order valence-corrected chi connectivity index (χ0v) is 8.44. The molecule has 1 aromatic heterocycles. The Hall–Kier alpha value is -0.900. The van der Waals surface area contributed by atoms with Crippen molar-refractivity contribution in [1.82, 2.24) is 9.55 Å². The molecule has 0 spiro atoms. The van der Waals surface area contributed by atoms with Crippen LogP contribution in [0, 0.1) is 5.41 Å². The van der Waals surface area contributed by atoms with Crippen molar-refractivity contribution in [1.29, 1.82) is 0 Å². The van der Waals surface area contributed by atoms with Crippen LogP contribution in [0.3, 0.4) is 0 Å². The molecule has 1 aromatic rings. The highest BCUT2D eigenvalue weighted by atomic mass is 19.1. The molecule has 3 nitrogen and oxygen atoms in total. The van der Waals surface area contributed by atoms with Gasteiger partial charge in [-0.05, 0) is 6.42 Å². The second kappa shape index (κ2) is 3.05. The summed E-state index contributed by atoms with van der Waals surface area (Å²) in [5.74, 6) is 0.804. The topological polar surface area (TPSA) is 38.0 Å². The van der Waals surface area contributed by atoms with Crippen molar-refractivity contribution in [2.75, 3.05) is 0 Å². The van der Waals surface area contributed by atoms with Crippen LogP contribution in [-0.4, -0.2) is 26.9 Å². The molecule has 1 aliphatic carbocycles. The number of alkyl halides is 1. The third-order valence-electron chi connectivity index (χ3n) is 3.23. The van der Waals surface area contributed by atoms with Crippen LogP contribution in [0.4, 0.5) is 4.39 Å². The van der Waals surface area contributed by atoms with Gasteiger partial charge in [-0.1, -0.05) is 6.92 Å². The molecule has 0 bridgehead atoms. The van der Waals surface area contributed by atoms with E-state index in [4.69, 9.17) is 0 Å². The largest absolute Gasteiger partial charge is 0.392 e. The van der Waals surface area contributed by atoms with Gasteiger partial charge in [0.2, 0.25) is 0 Å². The Labute approximate surface area is 82.6 Å². The summed E-state index contributed by atoms with van der Waals surface area (Å²) in [5.41, 5.74) is -0.536. The Morgan fingerprint density at radius 1 is 1.86 bits per heavy atom. The molecule has 1 N–H and O–H groups in total. The second-order valence-corrected chi connectivity index (χ2v) is 4.35. The fourth-order valence-electron chi connectivity index (χ4n) is 1.67. The predicted octanol–water partition coefficient (Wildman–Crippen LogP) is 1.07. The SMILES string of the molecule is Cn1ccnc1CC(O)C1(C)CC1F. The lowest BCUT2D eigenvalue weighted by molar-refractivity contribution is 0.0851. The smallest absolute Gasteiger partial charge is 0.110 e. The highest BCUT2D eigenvalue weighted by Crippen LogP contribution is 2.51. The fraction of sp³-hybridized carbons (Fsp3) is 0.700. The van der Waals surface area contributed by atoms with Gasteiger partial charge in [0.1, 0.15) is 12.0 Å². The molecule has 0 aliphatic heterocycles. The average Bonchev–Trinajstić information content (AvgIpc) is 2.55. The maximum absolute atomic E-state index is 13.0. The standard InChI is InChI=1S/C10H15FN2O/c1-10(6-7(10)11)8(14)5-9-12-3-4-13(9)2/h3-4,7-8,14H,5-6H2,1-2H3. The van der Waals surface area contributed by atoms with Gasteiger partial charge in [0, 0.05) is 31.3 Å². The number of aliphatic hydroxyl groups is 1. The summed E-state index contributed by atoms with van der Waals surface area (Å²) in [5, 5.41) is 9.82. The molecule has 1 aliphatic rings. The van der Waals surface area contributed by atoms with Gasteiger partial charge in [-0.25, -0.2) is 9.37 Å². The van der Waals surface area contributed by atoms with Crippen molar-refractivity contribution >= 4 is 0 Å².